The van der Waals surface area contributed by atoms with Gasteiger partial charge in [-0.05, 0) is 71.7 Å². The normalized spacial score (nSPS) is 15.0. The van der Waals surface area contributed by atoms with Gasteiger partial charge in [-0.1, -0.05) is 48.5 Å². The van der Waals surface area contributed by atoms with Crippen molar-refractivity contribution in [2.24, 2.45) is 5.73 Å². The van der Waals surface area contributed by atoms with Gasteiger partial charge >= 0.3 is 0 Å². The van der Waals surface area contributed by atoms with Gasteiger partial charge in [0.1, 0.15) is 0 Å². The van der Waals surface area contributed by atoms with Crippen molar-refractivity contribution in [3.8, 4) is 17.2 Å². The largest absolute Gasteiger partial charge is 0.404 e. The number of allylic oxidation sites excluding steroid dienone is 1. The lowest BCUT2D eigenvalue weighted by Gasteiger charge is -2.33. The number of likely N-dealkylation sites (tertiary alicyclic amines) is 1. The molecule has 4 rings (SSSR count). The number of nitrogens with one attached hydrogen (secondary N) is 1. The average Bonchev–Trinajstić information content (AvgIpc) is 2.89. The van der Waals surface area contributed by atoms with Gasteiger partial charge in [-0.25, -0.2) is 0 Å². The third-order valence-electron chi connectivity index (χ3n) is 6.21. The van der Waals surface area contributed by atoms with E-state index < -0.39 is 0 Å². The molecule has 176 valence electrons. The Morgan fingerprint density at radius 1 is 1.11 bits per heavy atom. The van der Waals surface area contributed by atoms with Gasteiger partial charge in [0.2, 0.25) is 0 Å². The second kappa shape index (κ2) is 10.9. The molecule has 3 aromatic carbocycles. The van der Waals surface area contributed by atoms with Crippen molar-refractivity contribution in [2.45, 2.75) is 18.9 Å². The van der Waals surface area contributed by atoms with Gasteiger partial charge in [0.15, 0.2) is 0 Å². The number of piperidine rings is 1. The zero-order chi connectivity index (χ0) is 24.8. The number of nitrogens with zero attached hydrogens (tertiary/aromatic N) is 2. The van der Waals surface area contributed by atoms with Crippen LogP contribution in [-0.2, 0) is 0 Å². The Bertz CT molecular complexity index is 1420. The number of hydrogen-bond acceptors (Lipinski definition) is 4. The Balaban J connectivity index is 1.58. The number of carbonyl (C=O) groups is 1. The third-order valence-corrected chi connectivity index (χ3v) is 6.45. The molecule has 6 heteroatoms. The molecular formula is C29H27ClN4O. The van der Waals surface area contributed by atoms with Gasteiger partial charge in [-0.3, -0.25) is 4.79 Å². The van der Waals surface area contributed by atoms with E-state index in [0.717, 1.165) is 40.1 Å². The SMILES string of the molecule is C=C/C=c1/cc(-c2cccc(C#N)c2)cc(NC2CCN(C(=O)c3cccc(Cl)c3)CC2)/c1=C/N. The molecule has 1 saturated heterocycles. The molecule has 3 aromatic rings. The molecule has 0 aliphatic carbocycles. The summed E-state index contributed by atoms with van der Waals surface area (Å²) in [5, 5.41) is 15.4. The minimum absolute atomic E-state index is 0.00386. The van der Waals surface area contributed by atoms with Gasteiger partial charge in [0.05, 0.1) is 11.6 Å². The smallest absolute Gasteiger partial charge is 0.253 e. The van der Waals surface area contributed by atoms with Crippen LogP contribution in [0.25, 0.3) is 23.4 Å². The summed E-state index contributed by atoms with van der Waals surface area (Å²) in [6, 6.07) is 21.1. The van der Waals surface area contributed by atoms with Crippen molar-refractivity contribution >= 4 is 35.5 Å². The standard InChI is InChI=1S/C29H27ClN4O/c1-2-5-22-15-24(21-7-3-6-20(14-21)18-31)17-28(27(22)19-32)33-26-10-12-34(13-11-26)29(35)23-8-4-9-25(30)16-23/h2-9,14-17,19,26,33H,1,10-13,32H2/b22-5-,27-19+. The summed E-state index contributed by atoms with van der Waals surface area (Å²) in [7, 11) is 0. The van der Waals surface area contributed by atoms with Crippen LogP contribution in [-0.4, -0.2) is 29.9 Å². The maximum atomic E-state index is 12.9. The Kier molecular flexibility index (Phi) is 7.54. The first-order valence-corrected chi connectivity index (χ1v) is 11.9. The first-order valence-electron chi connectivity index (χ1n) is 11.5. The first-order chi connectivity index (χ1) is 17.0. The number of hydrogen-bond donors (Lipinski definition) is 2. The fourth-order valence-electron chi connectivity index (χ4n) is 4.43. The van der Waals surface area contributed by atoms with E-state index in [9.17, 15) is 10.1 Å². The summed E-state index contributed by atoms with van der Waals surface area (Å²) in [5.74, 6) is 0.00386. The average molecular weight is 483 g/mol. The Hall–Kier alpha value is -4.01. The van der Waals surface area contributed by atoms with Crippen molar-refractivity contribution < 1.29 is 4.79 Å². The van der Waals surface area contributed by atoms with Gasteiger partial charge in [0, 0.05) is 46.8 Å². The van der Waals surface area contributed by atoms with Crippen molar-refractivity contribution in [3.63, 3.8) is 0 Å². The molecule has 3 N–H and O–H groups in total. The van der Waals surface area contributed by atoms with Crippen molar-refractivity contribution in [3.05, 3.63) is 99.9 Å². The fraction of sp³-hybridized carbons (Fsp3) is 0.172. The highest BCUT2D eigenvalue weighted by Gasteiger charge is 2.24. The van der Waals surface area contributed by atoms with Crippen molar-refractivity contribution in [1.82, 2.24) is 4.90 Å². The second-order valence-electron chi connectivity index (χ2n) is 8.51. The van der Waals surface area contributed by atoms with Gasteiger partial charge in [0.25, 0.3) is 5.91 Å². The highest BCUT2D eigenvalue weighted by Crippen LogP contribution is 2.23. The minimum atomic E-state index is 0.00386. The first kappa shape index (κ1) is 24.1. The second-order valence-corrected chi connectivity index (χ2v) is 8.95. The molecule has 0 aromatic heterocycles. The van der Waals surface area contributed by atoms with E-state index in [1.165, 1.54) is 0 Å². The number of halogens is 1. The maximum absolute atomic E-state index is 12.9. The van der Waals surface area contributed by atoms with Crippen molar-refractivity contribution in [2.75, 3.05) is 18.4 Å². The number of carbonyl (C=O) groups excluding carboxylic acids is 1. The molecule has 0 bridgehead atoms. The molecule has 0 atom stereocenters. The fourth-order valence-corrected chi connectivity index (χ4v) is 4.62. The molecule has 1 amide bonds. The predicted molar refractivity (Wildman–Crippen MR) is 143 cm³/mol. The van der Waals surface area contributed by atoms with E-state index in [2.05, 4.69) is 24.0 Å². The molecule has 1 aliphatic rings. The van der Waals surface area contributed by atoms with Crippen LogP contribution in [0.3, 0.4) is 0 Å². The zero-order valence-corrected chi connectivity index (χ0v) is 20.1. The summed E-state index contributed by atoms with van der Waals surface area (Å²) in [6.07, 6.45) is 6.89. The monoisotopic (exact) mass is 482 g/mol. The summed E-state index contributed by atoms with van der Waals surface area (Å²) in [6.45, 7) is 5.15. The van der Waals surface area contributed by atoms with Crippen molar-refractivity contribution in [1.29, 1.82) is 5.26 Å². The minimum Gasteiger partial charge on any atom is -0.404 e. The number of nitrogens with two attached hydrogens (primary N) is 1. The van der Waals surface area contributed by atoms with Gasteiger partial charge in [-0.15, -0.1) is 0 Å². The molecule has 0 spiro atoms. The molecule has 1 fully saturated rings. The summed E-state index contributed by atoms with van der Waals surface area (Å²) in [5.41, 5.74) is 10.1. The zero-order valence-electron chi connectivity index (χ0n) is 19.4. The van der Waals surface area contributed by atoms with Gasteiger partial charge < -0.3 is 16.0 Å². The van der Waals surface area contributed by atoms with E-state index >= 15 is 0 Å². The van der Waals surface area contributed by atoms with Crippen LogP contribution >= 0.6 is 11.6 Å². The van der Waals surface area contributed by atoms with E-state index in [1.807, 2.05) is 35.2 Å². The van der Waals surface area contributed by atoms with E-state index in [-0.39, 0.29) is 11.9 Å². The predicted octanol–water partition coefficient (Wildman–Crippen LogP) is 4.26. The molecule has 5 nitrogen and oxygen atoms in total. The van der Waals surface area contributed by atoms with E-state index in [1.54, 1.807) is 42.6 Å². The highest BCUT2D eigenvalue weighted by molar-refractivity contribution is 6.30. The number of rotatable bonds is 5. The number of benzene rings is 3. The Morgan fingerprint density at radius 3 is 2.57 bits per heavy atom. The molecule has 0 unspecified atom stereocenters. The maximum Gasteiger partial charge on any atom is 0.253 e. The van der Waals surface area contributed by atoms with E-state index in [0.29, 0.717) is 29.2 Å². The van der Waals surface area contributed by atoms with Crippen LogP contribution in [0.4, 0.5) is 5.69 Å². The van der Waals surface area contributed by atoms with Crippen LogP contribution in [0, 0.1) is 11.3 Å². The number of amides is 1. The molecule has 1 heterocycles. The summed E-state index contributed by atoms with van der Waals surface area (Å²) >= 11 is 6.06. The summed E-state index contributed by atoms with van der Waals surface area (Å²) < 4.78 is 0. The van der Waals surface area contributed by atoms with Crippen LogP contribution in [0.1, 0.15) is 28.8 Å². The lowest BCUT2D eigenvalue weighted by atomic mass is 9.99. The highest BCUT2D eigenvalue weighted by atomic mass is 35.5. The Labute approximate surface area is 210 Å². The number of nitriles is 1. The van der Waals surface area contributed by atoms with Crippen LogP contribution < -0.4 is 21.5 Å². The molecular weight excluding hydrogens is 456 g/mol. The molecule has 0 saturated carbocycles. The molecule has 1 aliphatic heterocycles. The van der Waals surface area contributed by atoms with Crippen LogP contribution in [0.5, 0.6) is 0 Å². The lowest BCUT2D eigenvalue weighted by Crippen LogP contribution is -2.43. The Morgan fingerprint density at radius 2 is 1.89 bits per heavy atom. The quantitative estimate of drug-likeness (QED) is 0.569. The van der Waals surface area contributed by atoms with Crippen LogP contribution in [0.2, 0.25) is 5.02 Å². The topological polar surface area (TPSA) is 82.2 Å². The lowest BCUT2D eigenvalue weighted by molar-refractivity contribution is 0.0718. The summed E-state index contributed by atoms with van der Waals surface area (Å²) in [4.78, 5) is 14.8. The van der Waals surface area contributed by atoms with Gasteiger partial charge in [-0.2, -0.15) is 5.26 Å². The molecule has 0 radical (unpaired) electrons. The third kappa shape index (κ3) is 5.56. The van der Waals surface area contributed by atoms with E-state index in [4.69, 9.17) is 17.3 Å². The number of anilines is 1. The molecule has 35 heavy (non-hydrogen) atoms. The van der Waals surface area contributed by atoms with Crippen LogP contribution in [0.15, 0.2) is 73.3 Å².